The Morgan fingerprint density at radius 2 is 2.25 bits per heavy atom. The Labute approximate surface area is 92.5 Å². The fourth-order valence-corrected chi connectivity index (χ4v) is 1.34. The third-order valence-corrected chi connectivity index (χ3v) is 2.11. The van der Waals surface area contributed by atoms with Gasteiger partial charge in [-0.15, -0.1) is 0 Å². The van der Waals surface area contributed by atoms with Gasteiger partial charge >= 0.3 is 0 Å². The molecule has 0 amide bonds. The first-order valence-electron chi connectivity index (χ1n) is 4.74. The Balaban J connectivity index is 2.37. The summed E-state index contributed by atoms with van der Waals surface area (Å²) in [5, 5.41) is 13.5. The molecule has 2 rings (SSSR count). The minimum absolute atomic E-state index is 0.0956. The first-order chi connectivity index (χ1) is 7.70. The van der Waals surface area contributed by atoms with Crippen molar-refractivity contribution in [3.8, 4) is 17.1 Å². The van der Waals surface area contributed by atoms with Gasteiger partial charge in [0.05, 0.1) is 6.20 Å². The van der Waals surface area contributed by atoms with Crippen molar-refractivity contribution in [3.63, 3.8) is 0 Å². The van der Waals surface area contributed by atoms with Crippen LogP contribution in [-0.2, 0) is 18.4 Å². The molecule has 0 aromatic carbocycles. The summed E-state index contributed by atoms with van der Waals surface area (Å²) >= 11 is 0. The molecule has 2 heterocycles. The van der Waals surface area contributed by atoms with Crippen molar-refractivity contribution in [2.24, 2.45) is 7.05 Å². The SMILES string of the molecule is COCc1nc(-c2cncc(O)c2)nn1C. The van der Waals surface area contributed by atoms with Crippen LogP contribution in [0.3, 0.4) is 0 Å². The maximum Gasteiger partial charge on any atom is 0.183 e. The van der Waals surface area contributed by atoms with Crippen LogP contribution < -0.4 is 0 Å². The first-order valence-corrected chi connectivity index (χ1v) is 4.74. The van der Waals surface area contributed by atoms with E-state index in [1.165, 1.54) is 6.20 Å². The van der Waals surface area contributed by atoms with E-state index < -0.39 is 0 Å². The highest BCUT2D eigenvalue weighted by molar-refractivity contribution is 5.54. The van der Waals surface area contributed by atoms with Crippen molar-refractivity contribution >= 4 is 0 Å². The van der Waals surface area contributed by atoms with Crippen molar-refractivity contribution < 1.29 is 9.84 Å². The maximum atomic E-state index is 9.30. The van der Waals surface area contributed by atoms with Crippen LogP contribution in [0, 0.1) is 0 Å². The van der Waals surface area contributed by atoms with Gasteiger partial charge in [0.1, 0.15) is 12.4 Å². The van der Waals surface area contributed by atoms with E-state index in [1.54, 1.807) is 31.1 Å². The molecule has 84 valence electrons. The fourth-order valence-electron chi connectivity index (χ4n) is 1.34. The van der Waals surface area contributed by atoms with Gasteiger partial charge in [-0.3, -0.25) is 9.67 Å². The molecule has 1 N–H and O–H groups in total. The molecule has 2 aromatic heterocycles. The van der Waals surface area contributed by atoms with Gasteiger partial charge in [0.25, 0.3) is 0 Å². The Hall–Kier alpha value is -1.95. The van der Waals surface area contributed by atoms with Gasteiger partial charge in [0.2, 0.25) is 0 Å². The third-order valence-electron chi connectivity index (χ3n) is 2.11. The summed E-state index contributed by atoms with van der Waals surface area (Å²) in [5.74, 6) is 1.34. The lowest BCUT2D eigenvalue weighted by molar-refractivity contribution is 0.174. The molecule has 0 aliphatic rings. The molecular formula is C10H12N4O2. The predicted molar refractivity (Wildman–Crippen MR) is 56.6 cm³/mol. The minimum atomic E-state index is 0.0956. The van der Waals surface area contributed by atoms with Gasteiger partial charge in [0, 0.05) is 25.9 Å². The zero-order valence-corrected chi connectivity index (χ0v) is 9.08. The molecule has 0 bridgehead atoms. The summed E-state index contributed by atoms with van der Waals surface area (Å²) in [6.45, 7) is 0.399. The molecule has 0 radical (unpaired) electrons. The second-order valence-corrected chi connectivity index (χ2v) is 3.34. The second kappa shape index (κ2) is 4.28. The van der Waals surface area contributed by atoms with Crippen LogP contribution >= 0.6 is 0 Å². The van der Waals surface area contributed by atoms with Crippen molar-refractivity contribution in [2.45, 2.75) is 6.61 Å². The molecule has 0 unspecified atom stereocenters. The molecule has 6 nitrogen and oxygen atoms in total. The molecule has 0 spiro atoms. The monoisotopic (exact) mass is 220 g/mol. The van der Waals surface area contributed by atoms with Crippen LogP contribution in [0.25, 0.3) is 11.4 Å². The van der Waals surface area contributed by atoms with E-state index in [4.69, 9.17) is 4.74 Å². The molecule has 0 saturated carbocycles. The third kappa shape index (κ3) is 2.01. The number of methoxy groups -OCH3 is 1. The molecule has 0 aliphatic heterocycles. The summed E-state index contributed by atoms with van der Waals surface area (Å²) in [4.78, 5) is 8.16. The summed E-state index contributed by atoms with van der Waals surface area (Å²) < 4.78 is 6.64. The highest BCUT2D eigenvalue weighted by Crippen LogP contribution is 2.18. The van der Waals surface area contributed by atoms with Crippen molar-refractivity contribution in [1.29, 1.82) is 0 Å². The van der Waals surface area contributed by atoms with E-state index in [0.717, 1.165) is 5.82 Å². The molecule has 0 saturated heterocycles. The highest BCUT2D eigenvalue weighted by atomic mass is 16.5. The van der Waals surface area contributed by atoms with Crippen molar-refractivity contribution in [3.05, 3.63) is 24.3 Å². The van der Waals surface area contributed by atoms with Gasteiger partial charge in [-0.25, -0.2) is 4.98 Å². The standard InChI is InChI=1S/C10H12N4O2/c1-14-9(6-16-2)12-10(13-14)7-3-8(15)5-11-4-7/h3-5,15H,6H2,1-2H3. The highest BCUT2D eigenvalue weighted by Gasteiger charge is 2.09. The van der Waals surface area contributed by atoms with E-state index >= 15 is 0 Å². The van der Waals surface area contributed by atoms with Gasteiger partial charge in [0.15, 0.2) is 11.6 Å². The average molecular weight is 220 g/mol. The number of nitrogens with zero attached hydrogens (tertiary/aromatic N) is 4. The predicted octanol–water partition coefficient (Wildman–Crippen LogP) is 0.729. The normalized spacial score (nSPS) is 10.6. The molecule has 0 fully saturated rings. The number of pyridine rings is 1. The number of rotatable bonds is 3. The molecule has 0 atom stereocenters. The quantitative estimate of drug-likeness (QED) is 0.825. The Kier molecular flexibility index (Phi) is 2.82. The van der Waals surface area contributed by atoms with Crippen LogP contribution in [0.5, 0.6) is 5.75 Å². The van der Waals surface area contributed by atoms with E-state index in [9.17, 15) is 5.11 Å². The van der Waals surface area contributed by atoms with Crippen LogP contribution in [0.15, 0.2) is 18.5 Å². The van der Waals surface area contributed by atoms with Crippen LogP contribution in [0.2, 0.25) is 0 Å². The molecular weight excluding hydrogens is 208 g/mol. The molecule has 0 aliphatic carbocycles. The topological polar surface area (TPSA) is 73.1 Å². The second-order valence-electron chi connectivity index (χ2n) is 3.34. The van der Waals surface area contributed by atoms with Gasteiger partial charge < -0.3 is 9.84 Å². The number of ether oxygens (including phenoxy) is 1. The average Bonchev–Trinajstić information content (AvgIpc) is 2.61. The van der Waals surface area contributed by atoms with Gasteiger partial charge in [-0.2, -0.15) is 5.10 Å². The lowest BCUT2D eigenvalue weighted by atomic mass is 10.2. The summed E-state index contributed by atoms with van der Waals surface area (Å²) in [5.41, 5.74) is 0.679. The Morgan fingerprint density at radius 3 is 2.94 bits per heavy atom. The zero-order chi connectivity index (χ0) is 11.5. The van der Waals surface area contributed by atoms with Gasteiger partial charge in [-0.1, -0.05) is 0 Å². The summed E-state index contributed by atoms with van der Waals surface area (Å²) in [7, 11) is 3.39. The first kappa shape index (κ1) is 10.6. The number of hydrogen-bond donors (Lipinski definition) is 1. The Morgan fingerprint density at radius 1 is 1.44 bits per heavy atom. The largest absolute Gasteiger partial charge is 0.506 e. The van der Waals surface area contributed by atoms with Crippen molar-refractivity contribution in [2.75, 3.05) is 7.11 Å². The van der Waals surface area contributed by atoms with Gasteiger partial charge in [-0.05, 0) is 6.07 Å². The number of aromatic hydroxyl groups is 1. The van der Waals surface area contributed by atoms with E-state index in [0.29, 0.717) is 18.0 Å². The zero-order valence-electron chi connectivity index (χ0n) is 9.08. The number of aryl methyl sites for hydroxylation is 1. The number of aromatic nitrogens is 4. The number of hydrogen-bond acceptors (Lipinski definition) is 5. The molecule has 6 heteroatoms. The van der Waals surface area contributed by atoms with E-state index in [2.05, 4.69) is 15.1 Å². The van der Waals surface area contributed by atoms with Crippen LogP contribution in [-0.4, -0.2) is 32.0 Å². The van der Waals surface area contributed by atoms with Crippen LogP contribution in [0.4, 0.5) is 0 Å². The molecule has 2 aromatic rings. The molecule has 16 heavy (non-hydrogen) atoms. The minimum Gasteiger partial charge on any atom is -0.506 e. The summed E-state index contributed by atoms with van der Waals surface area (Å²) in [6, 6.07) is 1.57. The smallest absolute Gasteiger partial charge is 0.183 e. The summed E-state index contributed by atoms with van der Waals surface area (Å²) in [6.07, 6.45) is 2.97. The lowest BCUT2D eigenvalue weighted by Crippen LogP contribution is -2.00. The van der Waals surface area contributed by atoms with E-state index in [-0.39, 0.29) is 5.75 Å². The fraction of sp³-hybridized carbons (Fsp3) is 0.300. The Bertz CT molecular complexity index is 495. The van der Waals surface area contributed by atoms with Crippen LogP contribution in [0.1, 0.15) is 5.82 Å². The maximum absolute atomic E-state index is 9.30. The van der Waals surface area contributed by atoms with E-state index in [1.807, 2.05) is 0 Å². The van der Waals surface area contributed by atoms with Crippen molar-refractivity contribution in [1.82, 2.24) is 19.7 Å². The lowest BCUT2D eigenvalue weighted by Gasteiger charge is -1.95.